The van der Waals surface area contributed by atoms with Crippen LogP contribution in [0.25, 0.3) is 42.9 Å². The van der Waals surface area contributed by atoms with Crippen LogP contribution in [0.5, 0.6) is 0 Å². The molecule has 3 heterocycles. The molecule has 7 aromatic rings. The summed E-state index contributed by atoms with van der Waals surface area (Å²) in [5.41, 5.74) is 6.82. The number of rotatable bonds is 9. The normalized spacial score (nSPS) is 11.3. The number of carbonyl (C=O) groups is 2. The van der Waals surface area contributed by atoms with Gasteiger partial charge >= 0.3 is 0 Å². The summed E-state index contributed by atoms with van der Waals surface area (Å²) in [6.45, 7) is 0. The van der Waals surface area contributed by atoms with Crippen molar-refractivity contribution in [2.75, 3.05) is 22.1 Å². The standard InChI is InChI=1S/C31H23N7O2S3/c39-27(16-41-30-35-21-5-1-2-6-22(21)36-30)32-19-11-9-18(10-12-19)29-34-25-15-20(13-14-26(25)43-29)33-28(40)17-42-31-37-23-7-3-4-8-24(23)38-31/h1-15H,16-17H2,(H,32,39)(H,33,40)(H,35,36)(H,37,38). The lowest BCUT2D eigenvalue weighted by molar-refractivity contribution is -0.114. The minimum Gasteiger partial charge on any atom is -0.333 e. The van der Waals surface area contributed by atoms with Gasteiger partial charge in [0.15, 0.2) is 10.3 Å². The summed E-state index contributed by atoms with van der Waals surface area (Å²) in [5, 5.41) is 8.18. The molecule has 4 aromatic carbocycles. The number of carbonyl (C=O) groups excluding carboxylic acids is 2. The van der Waals surface area contributed by atoms with Crippen molar-refractivity contribution in [1.29, 1.82) is 0 Å². The average Bonchev–Trinajstić information content (AvgIpc) is 3.75. The molecular formula is C31H23N7O2S3. The van der Waals surface area contributed by atoms with E-state index in [1.165, 1.54) is 23.5 Å². The first-order chi connectivity index (χ1) is 21.1. The van der Waals surface area contributed by atoms with E-state index < -0.39 is 0 Å². The molecule has 0 saturated heterocycles. The van der Waals surface area contributed by atoms with Crippen LogP contribution in [-0.4, -0.2) is 48.2 Å². The van der Waals surface area contributed by atoms with Crippen LogP contribution in [0.2, 0.25) is 0 Å². The molecule has 2 amide bonds. The minimum absolute atomic E-state index is 0.108. The number of amides is 2. The molecule has 0 saturated carbocycles. The Hall–Kier alpha value is -4.65. The molecule has 212 valence electrons. The molecule has 7 rings (SSSR count). The number of thioether (sulfide) groups is 2. The van der Waals surface area contributed by atoms with Crippen molar-refractivity contribution >= 4 is 90.3 Å². The molecule has 0 atom stereocenters. The maximum absolute atomic E-state index is 12.6. The van der Waals surface area contributed by atoms with Crippen molar-refractivity contribution in [2.24, 2.45) is 0 Å². The van der Waals surface area contributed by atoms with Crippen LogP contribution in [0.15, 0.2) is 101 Å². The third-order valence-corrected chi connectivity index (χ3v) is 9.33. The number of fused-ring (bicyclic) bond motifs is 3. The van der Waals surface area contributed by atoms with E-state index >= 15 is 0 Å². The second-order valence-corrected chi connectivity index (χ2v) is 12.5. The quantitative estimate of drug-likeness (QED) is 0.126. The number of thiazole rings is 1. The van der Waals surface area contributed by atoms with E-state index in [0.717, 1.165) is 42.9 Å². The Balaban J connectivity index is 0.942. The largest absolute Gasteiger partial charge is 0.333 e. The summed E-state index contributed by atoms with van der Waals surface area (Å²) in [6.07, 6.45) is 0. The maximum atomic E-state index is 12.6. The van der Waals surface area contributed by atoms with Crippen LogP contribution in [-0.2, 0) is 9.59 Å². The van der Waals surface area contributed by atoms with Gasteiger partial charge in [-0.05, 0) is 66.7 Å². The molecule has 0 unspecified atom stereocenters. The molecular weight excluding hydrogens is 599 g/mol. The van der Waals surface area contributed by atoms with E-state index in [4.69, 9.17) is 4.98 Å². The van der Waals surface area contributed by atoms with Gasteiger partial charge in [0.1, 0.15) is 5.01 Å². The van der Waals surface area contributed by atoms with Crippen LogP contribution in [0.1, 0.15) is 0 Å². The van der Waals surface area contributed by atoms with E-state index in [2.05, 4.69) is 30.6 Å². The molecule has 0 bridgehead atoms. The molecule has 0 aliphatic rings. The Morgan fingerprint density at radius 3 is 1.81 bits per heavy atom. The fourth-order valence-corrected chi connectivity index (χ4v) is 6.80. The second-order valence-electron chi connectivity index (χ2n) is 9.57. The minimum atomic E-state index is -0.117. The number of aromatic amines is 2. The van der Waals surface area contributed by atoms with Gasteiger partial charge in [0.25, 0.3) is 0 Å². The Labute approximate surface area is 257 Å². The SMILES string of the molecule is O=C(CSc1nc2ccccc2[nH]1)Nc1ccc(-c2nc3cc(NC(=O)CSc4nc5ccccc5[nH]4)ccc3s2)cc1. The van der Waals surface area contributed by atoms with Crippen molar-refractivity contribution in [1.82, 2.24) is 24.9 Å². The van der Waals surface area contributed by atoms with Crippen molar-refractivity contribution in [3.63, 3.8) is 0 Å². The Kier molecular flexibility index (Phi) is 7.54. The molecule has 3 aromatic heterocycles. The number of para-hydroxylation sites is 4. The smallest absolute Gasteiger partial charge is 0.234 e. The first-order valence-electron chi connectivity index (χ1n) is 13.3. The van der Waals surface area contributed by atoms with Crippen molar-refractivity contribution in [3.05, 3.63) is 91.0 Å². The first kappa shape index (κ1) is 27.2. The second kappa shape index (κ2) is 11.9. The van der Waals surface area contributed by atoms with E-state index in [9.17, 15) is 9.59 Å². The number of aromatic nitrogens is 5. The number of nitrogens with zero attached hydrogens (tertiary/aromatic N) is 3. The number of nitrogens with one attached hydrogen (secondary N) is 4. The summed E-state index contributed by atoms with van der Waals surface area (Å²) in [6, 6.07) is 28.9. The number of benzene rings is 4. The average molecular weight is 622 g/mol. The lowest BCUT2D eigenvalue weighted by Gasteiger charge is -2.05. The lowest BCUT2D eigenvalue weighted by Crippen LogP contribution is -2.14. The van der Waals surface area contributed by atoms with Gasteiger partial charge in [0.2, 0.25) is 11.8 Å². The third-order valence-electron chi connectivity index (χ3n) is 6.50. The molecule has 4 N–H and O–H groups in total. The highest BCUT2D eigenvalue weighted by atomic mass is 32.2. The molecule has 0 aliphatic carbocycles. The van der Waals surface area contributed by atoms with Crippen LogP contribution >= 0.6 is 34.9 Å². The molecule has 0 fully saturated rings. The Bertz CT molecular complexity index is 2030. The van der Waals surface area contributed by atoms with E-state index in [1.54, 1.807) is 11.3 Å². The Morgan fingerprint density at radius 1 is 0.651 bits per heavy atom. The van der Waals surface area contributed by atoms with Crippen molar-refractivity contribution in [3.8, 4) is 10.6 Å². The summed E-state index contributed by atoms with van der Waals surface area (Å²) in [7, 11) is 0. The zero-order valence-corrected chi connectivity index (χ0v) is 24.9. The van der Waals surface area contributed by atoms with Crippen LogP contribution in [0.4, 0.5) is 11.4 Å². The Morgan fingerprint density at radius 2 is 1.21 bits per heavy atom. The summed E-state index contributed by atoms with van der Waals surface area (Å²) < 4.78 is 1.02. The van der Waals surface area contributed by atoms with Gasteiger partial charge in [0, 0.05) is 16.9 Å². The number of imidazole rings is 2. The number of H-pyrrole nitrogens is 2. The third kappa shape index (κ3) is 6.26. The van der Waals surface area contributed by atoms with Crippen LogP contribution in [0, 0.1) is 0 Å². The highest BCUT2D eigenvalue weighted by molar-refractivity contribution is 8.00. The molecule has 0 aliphatic heterocycles. The number of hydrogen-bond acceptors (Lipinski definition) is 8. The van der Waals surface area contributed by atoms with Gasteiger partial charge in [-0.1, -0.05) is 47.8 Å². The fraction of sp³-hybridized carbons (Fsp3) is 0.0645. The van der Waals surface area contributed by atoms with Crippen LogP contribution < -0.4 is 10.6 Å². The fourth-order valence-electron chi connectivity index (χ4n) is 4.48. The molecule has 0 spiro atoms. The van der Waals surface area contributed by atoms with E-state index in [1.807, 2.05) is 91.0 Å². The maximum Gasteiger partial charge on any atom is 0.234 e. The zero-order valence-electron chi connectivity index (χ0n) is 22.5. The van der Waals surface area contributed by atoms with Gasteiger partial charge in [0.05, 0.1) is 43.8 Å². The van der Waals surface area contributed by atoms with E-state index in [-0.39, 0.29) is 23.3 Å². The molecule has 0 radical (unpaired) electrons. The monoisotopic (exact) mass is 621 g/mol. The topological polar surface area (TPSA) is 128 Å². The predicted molar refractivity (Wildman–Crippen MR) is 176 cm³/mol. The lowest BCUT2D eigenvalue weighted by atomic mass is 10.2. The number of hydrogen-bond donors (Lipinski definition) is 4. The van der Waals surface area contributed by atoms with Gasteiger partial charge in [-0.25, -0.2) is 15.0 Å². The van der Waals surface area contributed by atoms with E-state index in [0.29, 0.717) is 21.7 Å². The first-order valence-corrected chi connectivity index (χ1v) is 16.1. The zero-order chi connectivity index (χ0) is 29.2. The molecule has 12 heteroatoms. The summed E-state index contributed by atoms with van der Waals surface area (Å²) >= 11 is 4.30. The molecule has 9 nitrogen and oxygen atoms in total. The van der Waals surface area contributed by atoms with Crippen molar-refractivity contribution in [2.45, 2.75) is 10.3 Å². The number of anilines is 2. The highest BCUT2D eigenvalue weighted by Gasteiger charge is 2.12. The predicted octanol–water partition coefficient (Wildman–Crippen LogP) is 7.18. The summed E-state index contributed by atoms with van der Waals surface area (Å²) in [5.74, 6) is 0.260. The summed E-state index contributed by atoms with van der Waals surface area (Å²) in [4.78, 5) is 45.3. The van der Waals surface area contributed by atoms with Gasteiger partial charge < -0.3 is 20.6 Å². The van der Waals surface area contributed by atoms with Gasteiger partial charge in [-0.3, -0.25) is 9.59 Å². The van der Waals surface area contributed by atoms with Gasteiger partial charge in [-0.2, -0.15) is 0 Å². The van der Waals surface area contributed by atoms with Crippen molar-refractivity contribution < 1.29 is 9.59 Å². The van der Waals surface area contributed by atoms with Gasteiger partial charge in [-0.15, -0.1) is 11.3 Å². The highest BCUT2D eigenvalue weighted by Crippen LogP contribution is 2.32. The van der Waals surface area contributed by atoms with Crippen LogP contribution in [0.3, 0.4) is 0 Å². The molecule has 43 heavy (non-hydrogen) atoms.